The van der Waals surface area contributed by atoms with Gasteiger partial charge in [-0.15, -0.1) is 0 Å². The molecule has 1 aromatic carbocycles. The van der Waals surface area contributed by atoms with Crippen LogP contribution in [0, 0.1) is 0 Å². The number of rotatable bonds is 4. The number of benzene rings is 1. The minimum atomic E-state index is -0.501. The molecule has 100 valence electrons. The van der Waals surface area contributed by atoms with Crippen LogP contribution in [0.15, 0.2) is 16.6 Å². The quantitative estimate of drug-likeness (QED) is 0.692. The molecule has 5 heteroatoms. The average Bonchev–Trinajstić information content (AvgIpc) is 2.76. The van der Waals surface area contributed by atoms with Gasteiger partial charge in [0.25, 0.3) is 0 Å². The van der Waals surface area contributed by atoms with Gasteiger partial charge in [-0.25, -0.2) is 4.79 Å². The predicted molar refractivity (Wildman–Crippen MR) is 76.7 cm³/mol. The van der Waals surface area contributed by atoms with Crippen LogP contribution in [0.3, 0.4) is 0 Å². The minimum absolute atomic E-state index is 0.222. The first-order chi connectivity index (χ1) is 9.12. The lowest BCUT2D eigenvalue weighted by atomic mass is 10.1. The van der Waals surface area contributed by atoms with E-state index < -0.39 is 5.97 Å². The number of fused-ring (bicyclic) bond motifs is 1. The Morgan fingerprint density at radius 1 is 1.42 bits per heavy atom. The molecule has 4 nitrogen and oxygen atoms in total. The van der Waals surface area contributed by atoms with E-state index in [0.717, 1.165) is 27.4 Å². The van der Waals surface area contributed by atoms with Crippen molar-refractivity contribution >= 4 is 39.1 Å². The maximum atomic E-state index is 11.9. The van der Waals surface area contributed by atoms with Crippen molar-refractivity contribution in [3.63, 3.8) is 0 Å². The minimum Gasteiger partial charge on any atom is -0.461 e. The topological polar surface area (TPSA) is 59.2 Å². The summed E-state index contributed by atoms with van der Waals surface area (Å²) in [5, 5.41) is 0.740. The number of nitrogens with one attached hydrogen (secondary N) is 1. The van der Waals surface area contributed by atoms with Gasteiger partial charge in [0, 0.05) is 9.86 Å². The van der Waals surface area contributed by atoms with Crippen LogP contribution in [0.5, 0.6) is 0 Å². The molecule has 0 atom stereocenters. The van der Waals surface area contributed by atoms with E-state index in [1.54, 1.807) is 6.92 Å². The van der Waals surface area contributed by atoms with E-state index in [1.807, 2.05) is 19.1 Å². The number of hydrogen-bond donors (Lipinski definition) is 1. The van der Waals surface area contributed by atoms with Crippen LogP contribution in [0.25, 0.3) is 10.9 Å². The molecule has 0 saturated carbocycles. The Labute approximate surface area is 119 Å². The highest BCUT2D eigenvalue weighted by molar-refractivity contribution is 9.10. The Kier molecular flexibility index (Phi) is 4.04. The second-order valence-electron chi connectivity index (χ2n) is 4.09. The highest BCUT2D eigenvalue weighted by atomic mass is 79.9. The number of aromatic amines is 1. The molecule has 0 radical (unpaired) electrons. The molecule has 0 bridgehead atoms. The Bertz CT molecular complexity index is 646. The molecule has 1 heterocycles. The van der Waals surface area contributed by atoms with Crippen molar-refractivity contribution in [2.75, 3.05) is 6.61 Å². The Morgan fingerprint density at radius 2 is 2.16 bits per heavy atom. The Morgan fingerprint density at radius 3 is 2.74 bits per heavy atom. The summed E-state index contributed by atoms with van der Waals surface area (Å²) in [6.07, 6.45) is 1.49. The summed E-state index contributed by atoms with van der Waals surface area (Å²) in [6, 6.07) is 3.81. The fraction of sp³-hybridized carbons (Fsp3) is 0.286. The zero-order valence-electron chi connectivity index (χ0n) is 10.7. The third-order valence-electron chi connectivity index (χ3n) is 2.97. The first-order valence-electron chi connectivity index (χ1n) is 6.08. The lowest BCUT2D eigenvalue weighted by Crippen LogP contribution is -2.07. The van der Waals surface area contributed by atoms with Crippen molar-refractivity contribution in [1.82, 2.24) is 4.98 Å². The number of aromatic nitrogens is 1. The van der Waals surface area contributed by atoms with Gasteiger partial charge in [0.1, 0.15) is 5.69 Å². The fourth-order valence-corrected chi connectivity index (χ4v) is 2.62. The van der Waals surface area contributed by atoms with Gasteiger partial charge in [-0.05, 0) is 31.0 Å². The second kappa shape index (κ2) is 5.57. The summed E-state index contributed by atoms with van der Waals surface area (Å²) >= 11 is 3.42. The first kappa shape index (κ1) is 13.8. The maximum Gasteiger partial charge on any atom is 0.355 e. The van der Waals surface area contributed by atoms with Gasteiger partial charge in [0.15, 0.2) is 6.29 Å². The molecule has 2 aromatic rings. The van der Waals surface area contributed by atoms with Gasteiger partial charge in [-0.3, -0.25) is 4.79 Å². The molecule has 0 aliphatic carbocycles. The van der Waals surface area contributed by atoms with Crippen LogP contribution in [0.2, 0.25) is 0 Å². The zero-order chi connectivity index (χ0) is 14.0. The molecule has 1 aromatic heterocycles. The summed E-state index contributed by atoms with van der Waals surface area (Å²) in [4.78, 5) is 26.2. The maximum absolute atomic E-state index is 11.9. The average molecular weight is 324 g/mol. The molecule has 0 aliphatic heterocycles. The van der Waals surface area contributed by atoms with Gasteiger partial charge in [0.2, 0.25) is 0 Å². The number of carbonyl (C=O) groups excluding carboxylic acids is 2. The highest BCUT2D eigenvalue weighted by Gasteiger charge is 2.20. The highest BCUT2D eigenvalue weighted by Crippen LogP contribution is 2.29. The third-order valence-corrected chi connectivity index (χ3v) is 3.43. The van der Waals surface area contributed by atoms with E-state index in [-0.39, 0.29) is 12.3 Å². The lowest BCUT2D eigenvalue weighted by Gasteiger charge is -2.00. The summed E-state index contributed by atoms with van der Waals surface area (Å²) in [5.41, 5.74) is 2.43. The SMILES string of the molecule is CCOC(=O)c1[nH]c2c(CC)cc(Br)cc2c1C=O. The number of aryl methyl sites for hydroxylation is 1. The molecule has 19 heavy (non-hydrogen) atoms. The van der Waals surface area contributed by atoms with Gasteiger partial charge in [0.05, 0.1) is 17.7 Å². The van der Waals surface area contributed by atoms with Crippen molar-refractivity contribution in [1.29, 1.82) is 0 Å². The van der Waals surface area contributed by atoms with Gasteiger partial charge in [-0.1, -0.05) is 22.9 Å². The molecule has 0 fully saturated rings. The van der Waals surface area contributed by atoms with E-state index in [1.165, 1.54) is 0 Å². The first-order valence-corrected chi connectivity index (χ1v) is 6.88. The van der Waals surface area contributed by atoms with Gasteiger partial charge < -0.3 is 9.72 Å². The number of esters is 1. The van der Waals surface area contributed by atoms with E-state index in [2.05, 4.69) is 20.9 Å². The fourth-order valence-electron chi connectivity index (χ4n) is 2.12. The van der Waals surface area contributed by atoms with Crippen molar-refractivity contribution in [2.24, 2.45) is 0 Å². The summed E-state index contributed by atoms with van der Waals surface area (Å²) in [5.74, 6) is -0.501. The molecular formula is C14H14BrNO3. The number of carbonyl (C=O) groups is 2. The summed E-state index contributed by atoms with van der Waals surface area (Å²) < 4.78 is 5.85. The Balaban J connectivity index is 2.73. The number of ether oxygens (including phenoxy) is 1. The monoisotopic (exact) mass is 323 g/mol. The number of halogens is 1. The van der Waals surface area contributed by atoms with Crippen molar-refractivity contribution < 1.29 is 14.3 Å². The molecule has 0 unspecified atom stereocenters. The number of aldehydes is 1. The standard InChI is InChI=1S/C14H14BrNO3/c1-3-8-5-9(15)6-10-11(7-17)13(16-12(8)10)14(18)19-4-2/h5-7,16H,3-4H2,1-2H3. The predicted octanol–water partition coefficient (Wildman–Crippen LogP) is 3.48. The number of hydrogen-bond acceptors (Lipinski definition) is 3. The van der Waals surface area contributed by atoms with E-state index in [9.17, 15) is 9.59 Å². The normalized spacial score (nSPS) is 10.7. The third kappa shape index (κ3) is 2.42. The van der Waals surface area contributed by atoms with Crippen LogP contribution in [-0.4, -0.2) is 23.8 Å². The molecule has 0 aliphatic rings. The van der Waals surface area contributed by atoms with Crippen molar-refractivity contribution in [3.05, 3.63) is 33.4 Å². The number of H-pyrrole nitrogens is 1. The van der Waals surface area contributed by atoms with Crippen molar-refractivity contribution in [3.8, 4) is 0 Å². The summed E-state index contributed by atoms with van der Waals surface area (Å²) in [7, 11) is 0. The lowest BCUT2D eigenvalue weighted by molar-refractivity contribution is 0.0518. The van der Waals surface area contributed by atoms with Crippen LogP contribution < -0.4 is 0 Å². The second-order valence-corrected chi connectivity index (χ2v) is 5.01. The van der Waals surface area contributed by atoms with E-state index in [0.29, 0.717) is 11.8 Å². The molecular weight excluding hydrogens is 310 g/mol. The van der Waals surface area contributed by atoms with Gasteiger partial charge >= 0.3 is 5.97 Å². The van der Waals surface area contributed by atoms with Crippen molar-refractivity contribution in [2.45, 2.75) is 20.3 Å². The largest absolute Gasteiger partial charge is 0.461 e. The molecule has 0 saturated heterocycles. The molecule has 0 spiro atoms. The van der Waals surface area contributed by atoms with Gasteiger partial charge in [-0.2, -0.15) is 0 Å². The van der Waals surface area contributed by atoms with E-state index in [4.69, 9.17) is 4.74 Å². The molecule has 2 rings (SSSR count). The van der Waals surface area contributed by atoms with Crippen LogP contribution in [0.1, 0.15) is 40.3 Å². The van der Waals surface area contributed by atoms with Crippen LogP contribution in [0.4, 0.5) is 0 Å². The van der Waals surface area contributed by atoms with Crippen LogP contribution >= 0.6 is 15.9 Å². The summed E-state index contributed by atoms with van der Waals surface area (Å²) in [6.45, 7) is 4.03. The zero-order valence-corrected chi connectivity index (χ0v) is 12.3. The smallest absolute Gasteiger partial charge is 0.355 e. The van der Waals surface area contributed by atoms with Crippen LogP contribution in [-0.2, 0) is 11.2 Å². The molecule has 0 amide bonds. The molecule has 1 N–H and O–H groups in total. The van der Waals surface area contributed by atoms with E-state index >= 15 is 0 Å². The Hall–Kier alpha value is -1.62.